The number of hydrogen-bond acceptors (Lipinski definition) is 4. The standard InChI is InChI=1S/C21H22ClN3OS/c22-16-9-3-5-11-18(16)23-19(26)14-27-20-15-8-2-4-10-17(15)24-21(25-20)12-6-1-7-13-21/h2-5,8-11,24H,1,6-7,12-14H2,(H,23,26). The first-order valence-electron chi connectivity index (χ1n) is 9.30. The number of amides is 1. The molecular weight excluding hydrogens is 378 g/mol. The Morgan fingerprint density at radius 2 is 1.85 bits per heavy atom. The van der Waals surface area contributed by atoms with Gasteiger partial charge in [-0.05, 0) is 43.9 Å². The summed E-state index contributed by atoms with van der Waals surface area (Å²) in [4.78, 5) is 17.5. The van der Waals surface area contributed by atoms with E-state index in [9.17, 15) is 4.79 Å². The Morgan fingerprint density at radius 3 is 2.67 bits per heavy atom. The van der Waals surface area contributed by atoms with Gasteiger partial charge >= 0.3 is 0 Å². The number of anilines is 2. The number of thioether (sulfide) groups is 1. The molecule has 1 amide bonds. The lowest BCUT2D eigenvalue weighted by molar-refractivity contribution is -0.113. The van der Waals surface area contributed by atoms with Gasteiger partial charge < -0.3 is 10.6 Å². The zero-order chi connectivity index (χ0) is 18.7. The number of para-hydroxylation sites is 2. The Balaban J connectivity index is 1.50. The van der Waals surface area contributed by atoms with Crippen molar-refractivity contribution < 1.29 is 4.79 Å². The van der Waals surface area contributed by atoms with Crippen molar-refractivity contribution in [1.82, 2.24) is 0 Å². The molecule has 1 aliphatic heterocycles. The molecule has 6 heteroatoms. The smallest absolute Gasteiger partial charge is 0.234 e. The van der Waals surface area contributed by atoms with Crippen molar-refractivity contribution in [3.8, 4) is 0 Å². The molecular formula is C21H22ClN3OS. The molecule has 1 aliphatic carbocycles. The summed E-state index contributed by atoms with van der Waals surface area (Å²) in [6, 6.07) is 15.5. The third-order valence-electron chi connectivity index (χ3n) is 5.01. The highest BCUT2D eigenvalue weighted by molar-refractivity contribution is 8.15. The van der Waals surface area contributed by atoms with Crippen LogP contribution in [-0.2, 0) is 4.79 Å². The van der Waals surface area contributed by atoms with Gasteiger partial charge in [0.2, 0.25) is 5.91 Å². The van der Waals surface area contributed by atoms with Crippen LogP contribution in [0.1, 0.15) is 37.7 Å². The summed E-state index contributed by atoms with van der Waals surface area (Å²) < 4.78 is 0. The number of carbonyl (C=O) groups excluding carboxylic acids is 1. The molecule has 4 nitrogen and oxygen atoms in total. The molecule has 0 radical (unpaired) electrons. The molecule has 4 rings (SSSR count). The third-order valence-corrected chi connectivity index (χ3v) is 6.33. The van der Waals surface area contributed by atoms with Crippen molar-refractivity contribution in [3.63, 3.8) is 0 Å². The van der Waals surface area contributed by atoms with E-state index in [1.807, 2.05) is 24.3 Å². The van der Waals surface area contributed by atoms with Crippen molar-refractivity contribution in [2.24, 2.45) is 4.99 Å². The predicted molar refractivity (Wildman–Crippen MR) is 115 cm³/mol. The highest BCUT2D eigenvalue weighted by Gasteiger charge is 2.36. The van der Waals surface area contributed by atoms with Gasteiger partial charge in [0.05, 0.1) is 16.5 Å². The Hall–Kier alpha value is -1.98. The lowest BCUT2D eigenvalue weighted by Crippen LogP contribution is -2.42. The monoisotopic (exact) mass is 399 g/mol. The normalized spacial score (nSPS) is 17.6. The molecule has 2 aromatic carbocycles. The van der Waals surface area contributed by atoms with Gasteiger partial charge in [-0.2, -0.15) is 0 Å². The van der Waals surface area contributed by atoms with Crippen LogP contribution in [0.4, 0.5) is 11.4 Å². The first kappa shape index (κ1) is 18.4. The fourth-order valence-corrected chi connectivity index (χ4v) is 4.77. The lowest BCUT2D eigenvalue weighted by Gasteiger charge is -2.39. The number of nitrogens with one attached hydrogen (secondary N) is 2. The van der Waals surface area contributed by atoms with E-state index in [4.69, 9.17) is 16.6 Å². The number of carbonyl (C=O) groups is 1. The van der Waals surface area contributed by atoms with Gasteiger partial charge in [-0.15, -0.1) is 0 Å². The fraction of sp³-hybridized carbons (Fsp3) is 0.333. The van der Waals surface area contributed by atoms with Gasteiger partial charge in [0.15, 0.2) is 0 Å². The quantitative estimate of drug-likeness (QED) is 0.711. The van der Waals surface area contributed by atoms with Crippen LogP contribution in [0.3, 0.4) is 0 Å². The molecule has 2 N–H and O–H groups in total. The molecule has 1 spiro atoms. The van der Waals surface area contributed by atoms with Crippen molar-refractivity contribution in [1.29, 1.82) is 0 Å². The average Bonchev–Trinajstić information content (AvgIpc) is 2.68. The second kappa shape index (κ2) is 7.95. The summed E-state index contributed by atoms with van der Waals surface area (Å²) in [5, 5.41) is 8.03. The highest BCUT2D eigenvalue weighted by atomic mass is 35.5. The maximum absolute atomic E-state index is 12.4. The molecule has 140 valence electrons. The van der Waals surface area contributed by atoms with Gasteiger partial charge in [0.1, 0.15) is 10.7 Å². The number of fused-ring (bicyclic) bond motifs is 1. The molecule has 0 atom stereocenters. The van der Waals surface area contributed by atoms with Crippen LogP contribution in [0.5, 0.6) is 0 Å². The van der Waals surface area contributed by atoms with E-state index < -0.39 is 0 Å². The number of benzene rings is 2. The highest BCUT2D eigenvalue weighted by Crippen LogP contribution is 2.39. The van der Waals surface area contributed by atoms with E-state index in [-0.39, 0.29) is 11.6 Å². The Kier molecular flexibility index (Phi) is 5.41. The number of aliphatic imine (C=N–C) groups is 1. The molecule has 2 aliphatic rings. The molecule has 1 heterocycles. The summed E-state index contributed by atoms with van der Waals surface area (Å²) in [5.41, 5.74) is 2.61. The molecule has 1 saturated carbocycles. The van der Waals surface area contributed by atoms with E-state index >= 15 is 0 Å². The minimum atomic E-state index is -0.214. The Labute approximate surface area is 168 Å². The van der Waals surface area contributed by atoms with Crippen molar-refractivity contribution in [2.45, 2.75) is 37.8 Å². The molecule has 0 aromatic heterocycles. The Morgan fingerprint density at radius 1 is 1.11 bits per heavy atom. The largest absolute Gasteiger partial charge is 0.361 e. The summed E-state index contributed by atoms with van der Waals surface area (Å²) in [7, 11) is 0. The summed E-state index contributed by atoms with van der Waals surface area (Å²) in [6.07, 6.45) is 5.71. The van der Waals surface area contributed by atoms with E-state index in [1.54, 1.807) is 12.1 Å². The SMILES string of the molecule is O=C(CSC1=NC2(CCCCC2)Nc2ccccc21)Nc1ccccc1Cl. The topological polar surface area (TPSA) is 53.5 Å². The van der Waals surface area contributed by atoms with Crippen molar-refractivity contribution in [2.75, 3.05) is 16.4 Å². The van der Waals surface area contributed by atoms with Gasteiger partial charge in [0, 0.05) is 11.3 Å². The van der Waals surface area contributed by atoms with Crippen LogP contribution in [0.15, 0.2) is 53.5 Å². The third kappa shape index (κ3) is 4.14. The molecule has 0 unspecified atom stereocenters. The van der Waals surface area contributed by atoms with E-state index in [0.29, 0.717) is 16.5 Å². The first-order chi connectivity index (χ1) is 13.2. The maximum atomic E-state index is 12.4. The molecule has 0 saturated heterocycles. The Bertz CT molecular complexity index is 877. The van der Waals surface area contributed by atoms with Gasteiger partial charge in [-0.3, -0.25) is 4.79 Å². The second-order valence-corrected chi connectivity index (χ2v) is 8.37. The zero-order valence-corrected chi connectivity index (χ0v) is 16.6. The van der Waals surface area contributed by atoms with Crippen LogP contribution < -0.4 is 10.6 Å². The van der Waals surface area contributed by atoms with Crippen molar-refractivity contribution >= 4 is 45.7 Å². The number of rotatable bonds is 3. The molecule has 2 aromatic rings. The minimum absolute atomic E-state index is 0.0792. The number of hydrogen-bond donors (Lipinski definition) is 2. The summed E-state index contributed by atoms with van der Waals surface area (Å²) in [6.45, 7) is 0. The van der Waals surface area contributed by atoms with Crippen LogP contribution >= 0.6 is 23.4 Å². The van der Waals surface area contributed by atoms with Gasteiger partial charge in [-0.25, -0.2) is 4.99 Å². The second-order valence-electron chi connectivity index (χ2n) is 7.00. The van der Waals surface area contributed by atoms with Gasteiger partial charge in [-0.1, -0.05) is 60.1 Å². The van der Waals surface area contributed by atoms with Crippen molar-refractivity contribution in [3.05, 3.63) is 59.1 Å². The lowest BCUT2D eigenvalue weighted by atomic mass is 9.88. The van der Waals surface area contributed by atoms with Crippen LogP contribution in [0, 0.1) is 0 Å². The zero-order valence-electron chi connectivity index (χ0n) is 15.0. The molecule has 0 bridgehead atoms. The van der Waals surface area contributed by atoms with E-state index in [1.165, 1.54) is 31.0 Å². The fourth-order valence-electron chi connectivity index (χ4n) is 3.68. The molecule has 27 heavy (non-hydrogen) atoms. The predicted octanol–water partition coefficient (Wildman–Crippen LogP) is 5.54. The van der Waals surface area contributed by atoms with Crippen LogP contribution in [0.2, 0.25) is 5.02 Å². The first-order valence-corrected chi connectivity index (χ1v) is 10.7. The van der Waals surface area contributed by atoms with Crippen LogP contribution in [0.25, 0.3) is 0 Å². The van der Waals surface area contributed by atoms with E-state index in [0.717, 1.165) is 29.1 Å². The molecule has 1 fully saturated rings. The number of nitrogens with zero attached hydrogens (tertiary/aromatic N) is 1. The maximum Gasteiger partial charge on any atom is 0.234 e. The summed E-state index contributed by atoms with van der Waals surface area (Å²) >= 11 is 7.62. The van der Waals surface area contributed by atoms with Gasteiger partial charge in [0.25, 0.3) is 0 Å². The number of halogens is 1. The van der Waals surface area contributed by atoms with Crippen LogP contribution in [-0.4, -0.2) is 22.4 Å². The van der Waals surface area contributed by atoms with E-state index in [2.05, 4.69) is 22.8 Å². The summed E-state index contributed by atoms with van der Waals surface area (Å²) in [5.74, 6) is 0.221. The average molecular weight is 400 g/mol. The minimum Gasteiger partial charge on any atom is -0.361 e.